The minimum absolute atomic E-state index is 0.0418. The molecule has 8 heteroatoms. The molecular weight excluding hydrogens is 374 g/mol. The van der Waals surface area contributed by atoms with E-state index in [9.17, 15) is 8.42 Å². The molecule has 3 rings (SSSR count). The summed E-state index contributed by atoms with van der Waals surface area (Å²) in [7, 11) is -3.72. The summed E-state index contributed by atoms with van der Waals surface area (Å²) in [5.74, 6) is 0.702. The van der Waals surface area contributed by atoms with Gasteiger partial charge in [-0.05, 0) is 46.9 Å². The summed E-state index contributed by atoms with van der Waals surface area (Å²) < 4.78 is 27.6. The van der Waals surface area contributed by atoms with Crippen molar-refractivity contribution in [1.82, 2.24) is 15.2 Å². The number of aromatic nitrogens is 3. The van der Waals surface area contributed by atoms with Gasteiger partial charge in [-0.1, -0.05) is 39.0 Å². The molecule has 2 N–H and O–H groups in total. The van der Waals surface area contributed by atoms with Gasteiger partial charge in [-0.15, -0.1) is 10.2 Å². The molecule has 2 heterocycles. The Bertz CT molecular complexity index is 1010. The standard InChI is InChI=1S/C20H23N5O2S/c1-20(2,3)16-6-8-17(9-7-16)28(26,27)25-19-11-10-18(23-24-19)22-14-15-5-4-12-21-13-15/h4-13H,14H2,1-3H3,(H,22,23)(H,24,25). The predicted octanol–water partition coefficient (Wildman–Crippen LogP) is 3.58. The molecule has 1 aromatic carbocycles. The first-order valence-corrected chi connectivity index (χ1v) is 10.3. The quantitative estimate of drug-likeness (QED) is 0.660. The second-order valence-electron chi connectivity index (χ2n) is 7.40. The molecule has 0 saturated heterocycles. The molecule has 0 spiro atoms. The van der Waals surface area contributed by atoms with Crippen LogP contribution >= 0.6 is 0 Å². The molecule has 146 valence electrons. The monoisotopic (exact) mass is 397 g/mol. The largest absolute Gasteiger partial charge is 0.364 e. The summed E-state index contributed by atoms with van der Waals surface area (Å²) in [5.41, 5.74) is 2.03. The van der Waals surface area contributed by atoms with Gasteiger partial charge in [0.05, 0.1) is 4.90 Å². The Kier molecular flexibility index (Phi) is 5.60. The second-order valence-corrected chi connectivity index (χ2v) is 9.08. The number of pyridine rings is 1. The summed E-state index contributed by atoms with van der Waals surface area (Å²) in [5, 5.41) is 11.1. The Morgan fingerprint density at radius 1 is 0.929 bits per heavy atom. The van der Waals surface area contributed by atoms with Crippen molar-refractivity contribution in [2.75, 3.05) is 10.0 Å². The van der Waals surface area contributed by atoms with Crippen LogP contribution in [0.15, 0.2) is 65.8 Å². The second kappa shape index (κ2) is 7.93. The minimum Gasteiger partial charge on any atom is -0.364 e. The molecule has 0 aliphatic heterocycles. The van der Waals surface area contributed by atoms with E-state index in [0.717, 1.165) is 11.1 Å². The third-order valence-corrected chi connectivity index (χ3v) is 5.50. The lowest BCUT2D eigenvalue weighted by atomic mass is 9.87. The molecule has 28 heavy (non-hydrogen) atoms. The van der Waals surface area contributed by atoms with Crippen molar-refractivity contribution >= 4 is 21.7 Å². The van der Waals surface area contributed by atoms with Gasteiger partial charge in [0.15, 0.2) is 5.82 Å². The fourth-order valence-electron chi connectivity index (χ4n) is 2.51. The Hall–Kier alpha value is -3.00. The van der Waals surface area contributed by atoms with Crippen LogP contribution in [0, 0.1) is 0 Å². The van der Waals surface area contributed by atoms with Gasteiger partial charge in [0.1, 0.15) is 5.82 Å². The molecule has 0 radical (unpaired) electrons. The van der Waals surface area contributed by atoms with Gasteiger partial charge < -0.3 is 5.32 Å². The van der Waals surface area contributed by atoms with Crippen LogP contribution in [0.5, 0.6) is 0 Å². The van der Waals surface area contributed by atoms with Crippen molar-refractivity contribution < 1.29 is 8.42 Å². The van der Waals surface area contributed by atoms with Crippen molar-refractivity contribution in [3.63, 3.8) is 0 Å². The van der Waals surface area contributed by atoms with E-state index in [1.54, 1.807) is 36.7 Å². The molecule has 0 saturated carbocycles. The van der Waals surface area contributed by atoms with Gasteiger partial charge in [-0.25, -0.2) is 8.42 Å². The van der Waals surface area contributed by atoms with Crippen LogP contribution in [0.3, 0.4) is 0 Å². The van der Waals surface area contributed by atoms with Crippen LogP contribution in [-0.2, 0) is 22.0 Å². The Morgan fingerprint density at radius 3 is 2.18 bits per heavy atom. The van der Waals surface area contributed by atoms with E-state index in [4.69, 9.17) is 0 Å². The molecular formula is C20H23N5O2S. The molecule has 0 atom stereocenters. The molecule has 2 aromatic heterocycles. The van der Waals surface area contributed by atoms with Gasteiger partial charge in [0.2, 0.25) is 0 Å². The number of benzene rings is 1. The fourth-order valence-corrected chi connectivity index (χ4v) is 3.50. The molecule has 0 aliphatic rings. The average molecular weight is 398 g/mol. The van der Waals surface area contributed by atoms with E-state index >= 15 is 0 Å². The maximum atomic E-state index is 12.6. The van der Waals surface area contributed by atoms with Gasteiger partial charge in [0.25, 0.3) is 10.0 Å². The van der Waals surface area contributed by atoms with Crippen LogP contribution in [0.2, 0.25) is 0 Å². The highest BCUT2D eigenvalue weighted by atomic mass is 32.2. The summed E-state index contributed by atoms with van der Waals surface area (Å²) in [6.07, 6.45) is 3.47. The van der Waals surface area contributed by atoms with E-state index in [1.165, 1.54) is 0 Å². The number of rotatable bonds is 6. The highest BCUT2D eigenvalue weighted by molar-refractivity contribution is 7.92. The van der Waals surface area contributed by atoms with Crippen molar-refractivity contribution in [3.05, 3.63) is 72.1 Å². The number of nitrogens with zero attached hydrogens (tertiary/aromatic N) is 3. The van der Waals surface area contributed by atoms with Crippen LogP contribution in [0.25, 0.3) is 0 Å². The Balaban J connectivity index is 1.65. The third kappa shape index (κ3) is 5.04. The molecule has 0 bridgehead atoms. The normalized spacial score (nSPS) is 11.8. The molecule has 0 unspecified atom stereocenters. The summed E-state index contributed by atoms with van der Waals surface area (Å²) >= 11 is 0. The number of sulfonamides is 1. The zero-order chi connectivity index (χ0) is 20.2. The number of nitrogens with one attached hydrogen (secondary N) is 2. The van der Waals surface area contributed by atoms with Crippen molar-refractivity contribution in [3.8, 4) is 0 Å². The number of hydrogen-bond donors (Lipinski definition) is 2. The topological polar surface area (TPSA) is 96.9 Å². The number of hydrogen-bond acceptors (Lipinski definition) is 6. The highest BCUT2D eigenvalue weighted by Gasteiger charge is 2.18. The molecule has 0 amide bonds. The molecule has 7 nitrogen and oxygen atoms in total. The van der Waals surface area contributed by atoms with Crippen LogP contribution < -0.4 is 10.0 Å². The van der Waals surface area contributed by atoms with Gasteiger partial charge >= 0.3 is 0 Å². The first kappa shape index (κ1) is 19.8. The van der Waals surface area contributed by atoms with E-state index in [2.05, 4.69) is 46.0 Å². The van der Waals surface area contributed by atoms with Crippen molar-refractivity contribution in [2.24, 2.45) is 0 Å². The third-order valence-electron chi connectivity index (χ3n) is 4.13. The lowest BCUT2D eigenvalue weighted by Crippen LogP contribution is -2.16. The minimum atomic E-state index is -3.72. The summed E-state index contributed by atoms with van der Waals surface area (Å²) in [6, 6.07) is 13.9. The van der Waals surface area contributed by atoms with Crippen molar-refractivity contribution in [1.29, 1.82) is 0 Å². The predicted molar refractivity (Wildman–Crippen MR) is 110 cm³/mol. The maximum absolute atomic E-state index is 12.6. The Labute approximate surface area is 165 Å². The van der Waals surface area contributed by atoms with Crippen LogP contribution in [0.4, 0.5) is 11.6 Å². The molecule has 0 aliphatic carbocycles. The first-order valence-electron chi connectivity index (χ1n) is 8.84. The lowest BCUT2D eigenvalue weighted by Gasteiger charge is -2.19. The Morgan fingerprint density at radius 2 is 1.61 bits per heavy atom. The molecule has 3 aromatic rings. The number of anilines is 2. The zero-order valence-corrected chi connectivity index (χ0v) is 16.9. The molecule has 0 fully saturated rings. The SMILES string of the molecule is CC(C)(C)c1ccc(S(=O)(=O)Nc2ccc(NCc3cccnc3)nn2)cc1. The zero-order valence-electron chi connectivity index (χ0n) is 16.0. The van der Waals surface area contributed by atoms with E-state index in [1.807, 2.05) is 24.3 Å². The summed E-state index contributed by atoms with van der Waals surface area (Å²) in [6.45, 7) is 6.78. The van der Waals surface area contributed by atoms with Gasteiger partial charge in [-0.3, -0.25) is 9.71 Å². The van der Waals surface area contributed by atoms with Crippen molar-refractivity contribution in [2.45, 2.75) is 37.6 Å². The average Bonchev–Trinajstić information content (AvgIpc) is 2.67. The van der Waals surface area contributed by atoms with E-state index in [0.29, 0.717) is 12.4 Å². The van der Waals surface area contributed by atoms with E-state index in [-0.39, 0.29) is 16.1 Å². The lowest BCUT2D eigenvalue weighted by molar-refractivity contribution is 0.587. The smallest absolute Gasteiger partial charge is 0.263 e. The van der Waals surface area contributed by atoms with Gasteiger partial charge in [-0.2, -0.15) is 0 Å². The van der Waals surface area contributed by atoms with Gasteiger partial charge in [0, 0.05) is 18.9 Å². The summed E-state index contributed by atoms with van der Waals surface area (Å²) in [4.78, 5) is 4.23. The maximum Gasteiger partial charge on any atom is 0.263 e. The highest BCUT2D eigenvalue weighted by Crippen LogP contribution is 2.24. The first-order chi connectivity index (χ1) is 13.2. The van der Waals surface area contributed by atoms with E-state index < -0.39 is 10.0 Å². The fraction of sp³-hybridized carbons (Fsp3) is 0.250. The van der Waals surface area contributed by atoms with Crippen LogP contribution in [-0.4, -0.2) is 23.6 Å². The van der Waals surface area contributed by atoms with Crippen LogP contribution in [0.1, 0.15) is 31.9 Å².